The molecule has 2 aliphatic carbocycles. The van der Waals surface area contributed by atoms with Crippen LogP contribution in [0, 0.1) is 5.92 Å². The van der Waals surface area contributed by atoms with E-state index in [0.717, 1.165) is 12.8 Å². The summed E-state index contributed by atoms with van der Waals surface area (Å²) in [5.74, 6) is 0.491. The summed E-state index contributed by atoms with van der Waals surface area (Å²) in [4.78, 5) is 4.16. The van der Waals surface area contributed by atoms with Crippen molar-refractivity contribution in [3.63, 3.8) is 0 Å². The van der Waals surface area contributed by atoms with Gasteiger partial charge in [-0.1, -0.05) is 74.9 Å². The highest BCUT2D eigenvalue weighted by atomic mass is 14.6. The molecule has 0 spiro atoms. The van der Waals surface area contributed by atoms with Crippen molar-refractivity contribution in [1.29, 1.82) is 0 Å². The first-order chi connectivity index (χ1) is 15.2. The summed E-state index contributed by atoms with van der Waals surface area (Å²) < 4.78 is 0. The van der Waals surface area contributed by atoms with Gasteiger partial charge < -0.3 is 0 Å². The lowest BCUT2D eigenvalue weighted by atomic mass is 9.82. The van der Waals surface area contributed by atoms with Crippen LogP contribution in [0.15, 0.2) is 90.8 Å². The molecule has 1 unspecified atom stereocenters. The van der Waals surface area contributed by atoms with Crippen LogP contribution in [0.3, 0.4) is 0 Å². The number of hydrogen-bond donors (Lipinski definition) is 0. The van der Waals surface area contributed by atoms with Crippen LogP contribution in [0.25, 0.3) is 27.8 Å². The zero-order valence-electron chi connectivity index (χ0n) is 19.0. The molecule has 0 saturated heterocycles. The lowest BCUT2D eigenvalue weighted by Gasteiger charge is -2.22. The SMILES string of the molecule is CC.CC1=CC=C(c2ccc3c(c2)-c2cc(-c4ccncc4)ccc2CC3)C=CC1C. The van der Waals surface area contributed by atoms with E-state index >= 15 is 0 Å². The second-order valence-electron chi connectivity index (χ2n) is 8.16. The molecule has 0 bridgehead atoms. The number of nitrogens with zero attached hydrogens (tertiary/aromatic N) is 1. The number of rotatable bonds is 2. The Labute approximate surface area is 186 Å². The number of fused-ring (bicyclic) bond motifs is 3. The smallest absolute Gasteiger partial charge is 0.0273 e. The zero-order chi connectivity index (χ0) is 21.8. The summed E-state index contributed by atoms with van der Waals surface area (Å²) in [5.41, 5.74) is 12.1. The van der Waals surface area contributed by atoms with Gasteiger partial charge >= 0.3 is 0 Å². The Hall–Kier alpha value is -3.19. The van der Waals surface area contributed by atoms with E-state index in [2.05, 4.69) is 91.7 Å². The van der Waals surface area contributed by atoms with Crippen LogP contribution in [-0.4, -0.2) is 4.98 Å². The molecule has 156 valence electrons. The fourth-order valence-corrected chi connectivity index (χ4v) is 4.28. The molecule has 3 aromatic rings. The molecule has 5 rings (SSSR count). The van der Waals surface area contributed by atoms with Gasteiger partial charge in [0.2, 0.25) is 0 Å². The highest BCUT2D eigenvalue weighted by Gasteiger charge is 2.18. The molecule has 0 N–H and O–H groups in total. The Morgan fingerprint density at radius 2 is 1.35 bits per heavy atom. The first-order valence-corrected chi connectivity index (χ1v) is 11.4. The van der Waals surface area contributed by atoms with Crippen LogP contribution in [-0.2, 0) is 12.8 Å². The topological polar surface area (TPSA) is 12.9 Å². The van der Waals surface area contributed by atoms with E-state index in [-0.39, 0.29) is 0 Å². The van der Waals surface area contributed by atoms with Crippen molar-refractivity contribution >= 4 is 5.57 Å². The first-order valence-electron chi connectivity index (χ1n) is 11.4. The van der Waals surface area contributed by atoms with Gasteiger partial charge in [-0.3, -0.25) is 4.98 Å². The van der Waals surface area contributed by atoms with E-state index in [1.165, 1.54) is 50.1 Å². The summed E-state index contributed by atoms with van der Waals surface area (Å²) in [5, 5.41) is 0. The second-order valence-corrected chi connectivity index (χ2v) is 8.16. The molecule has 2 aromatic carbocycles. The highest BCUT2D eigenvalue weighted by molar-refractivity contribution is 5.84. The monoisotopic (exact) mass is 405 g/mol. The van der Waals surface area contributed by atoms with E-state index in [1.54, 1.807) is 0 Å². The third-order valence-electron chi connectivity index (χ3n) is 6.33. The number of pyridine rings is 1. The van der Waals surface area contributed by atoms with Crippen LogP contribution in [0.1, 0.15) is 44.4 Å². The molecule has 0 radical (unpaired) electrons. The van der Waals surface area contributed by atoms with Gasteiger partial charge in [0.05, 0.1) is 0 Å². The van der Waals surface area contributed by atoms with Gasteiger partial charge in [0.15, 0.2) is 0 Å². The van der Waals surface area contributed by atoms with Crippen molar-refractivity contribution < 1.29 is 0 Å². The predicted octanol–water partition coefficient (Wildman–Crippen LogP) is 8.08. The van der Waals surface area contributed by atoms with E-state index < -0.39 is 0 Å². The summed E-state index contributed by atoms with van der Waals surface area (Å²) >= 11 is 0. The quantitative estimate of drug-likeness (QED) is 0.420. The maximum absolute atomic E-state index is 4.16. The normalized spacial score (nSPS) is 16.7. The molecule has 1 heterocycles. The van der Waals surface area contributed by atoms with Crippen LogP contribution in [0.5, 0.6) is 0 Å². The zero-order valence-corrected chi connectivity index (χ0v) is 19.0. The minimum Gasteiger partial charge on any atom is -0.265 e. The average molecular weight is 406 g/mol. The van der Waals surface area contributed by atoms with Gasteiger partial charge in [0, 0.05) is 12.4 Å². The van der Waals surface area contributed by atoms with Gasteiger partial charge in [-0.2, -0.15) is 0 Å². The summed E-state index contributed by atoms with van der Waals surface area (Å²) in [7, 11) is 0. The molecular formula is C30H31N. The van der Waals surface area contributed by atoms with Crippen LogP contribution in [0.2, 0.25) is 0 Å². The molecule has 1 nitrogen and oxygen atoms in total. The largest absolute Gasteiger partial charge is 0.265 e. The number of allylic oxidation sites excluding steroid dienone is 6. The van der Waals surface area contributed by atoms with Crippen molar-refractivity contribution in [3.05, 3.63) is 107 Å². The van der Waals surface area contributed by atoms with E-state index in [9.17, 15) is 0 Å². The standard InChI is InChI=1S/C28H25N.C2H6/c1-19-3-5-21(6-4-20(19)2)25-11-9-23-7-8-24-10-12-26(18-28(24)27(23)17-25)22-13-15-29-16-14-22;1-2/h3-6,9-19H,7-8H2,1-2H3;1-2H3. The van der Waals surface area contributed by atoms with Gasteiger partial charge in [0.1, 0.15) is 0 Å². The maximum Gasteiger partial charge on any atom is 0.0273 e. The fraction of sp³-hybridized carbons (Fsp3) is 0.233. The molecule has 31 heavy (non-hydrogen) atoms. The highest BCUT2D eigenvalue weighted by Crippen LogP contribution is 2.38. The predicted molar refractivity (Wildman–Crippen MR) is 134 cm³/mol. The third-order valence-corrected chi connectivity index (χ3v) is 6.33. The fourth-order valence-electron chi connectivity index (χ4n) is 4.28. The van der Waals surface area contributed by atoms with Crippen molar-refractivity contribution in [3.8, 4) is 22.3 Å². The molecular weight excluding hydrogens is 374 g/mol. The Balaban J connectivity index is 0.00000112. The van der Waals surface area contributed by atoms with Crippen LogP contribution < -0.4 is 0 Å². The van der Waals surface area contributed by atoms with Gasteiger partial charge in [-0.05, 0) is 94.5 Å². The van der Waals surface area contributed by atoms with Gasteiger partial charge in [0.25, 0.3) is 0 Å². The minimum atomic E-state index is 0.491. The number of aromatic nitrogens is 1. The van der Waals surface area contributed by atoms with Crippen molar-refractivity contribution in [1.82, 2.24) is 4.98 Å². The Kier molecular flexibility index (Phi) is 6.32. The molecule has 2 aliphatic rings. The maximum atomic E-state index is 4.16. The molecule has 0 saturated carbocycles. The number of aryl methyl sites for hydroxylation is 2. The van der Waals surface area contributed by atoms with E-state index in [0.29, 0.717) is 5.92 Å². The van der Waals surface area contributed by atoms with Crippen molar-refractivity contribution in [2.75, 3.05) is 0 Å². The van der Waals surface area contributed by atoms with Crippen molar-refractivity contribution in [2.45, 2.75) is 40.5 Å². The van der Waals surface area contributed by atoms with Crippen LogP contribution in [0.4, 0.5) is 0 Å². The number of benzene rings is 2. The Morgan fingerprint density at radius 1 is 0.742 bits per heavy atom. The minimum absolute atomic E-state index is 0.491. The van der Waals surface area contributed by atoms with Crippen molar-refractivity contribution in [2.24, 2.45) is 5.92 Å². The molecule has 1 aromatic heterocycles. The Bertz CT molecular complexity index is 1160. The van der Waals surface area contributed by atoms with Gasteiger partial charge in [-0.25, -0.2) is 0 Å². The summed E-state index contributed by atoms with van der Waals surface area (Å²) in [6.45, 7) is 8.46. The third kappa shape index (κ3) is 4.32. The first kappa shape index (κ1) is 21.1. The van der Waals surface area contributed by atoms with E-state index in [4.69, 9.17) is 0 Å². The molecule has 1 atom stereocenters. The lowest BCUT2D eigenvalue weighted by molar-refractivity contribution is 0.865. The average Bonchev–Trinajstić information content (AvgIpc) is 3.01. The number of hydrogen-bond acceptors (Lipinski definition) is 1. The van der Waals surface area contributed by atoms with Crippen LogP contribution >= 0.6 is 0 Å². The second kappa shape index (κ2) is 9.31. The molecule has 0 aliphatic heterocycles. The molecule has 0 amide bonds. The van der Waals surface area contributed by atoms with E-state index in [1.807, 2.05) is 26.2 Å². The molecule has 1 heteroatoms. The Morgan fingerprint density at radius 3 is 2.03 bits per heavy atom. The summed E-state index contributed by atoms with van der Waals surface area (Å²) in [6, 6.07) is 18.1. The molecule has 0 fully saturated rings. The summed E-state index contributed by atoms with van der Waals surface area (Å²) in [6.07, 6.45) is 15.0. The van der Waals surface area contributed by atoms with Gasteiger partial charge in [-0.15, -0.1) is 0 Å². The lowest BCUT2D eigenvalue weighted by Crippen LogP contribution is -2.04.